The van der Waals surface area contributed by atoms with Gasteiger partial charge in [-0.05, 0) is 49.1 Å². The summed E-state index contributed by atoms with van der Waals surface area (Å²) in [6.07, 6.45) is 1.16. The lowest BCUT2D eigenvalue weighted by atomic mass is 9.98. The van der Waals surface area contributed by atoms with Gasteiger partial charge in [0, 0.05) is 10.5 Å². The number of hydrogen-bond acceptors (Lipinski definition) is 1. The van der Waals surface area contributed by atoms with Crippen molar-refractivity contribution >= 4 is 15.9 Å². The van der Waals surface area contributed by atoms with E-state index in [4.69, 9.17) is 0 Å². The van der Waals surface area contributed by atoms with E-state index < -0.39 is 0 Å². The Hall–Kier alpha value is -1.12. The zero-order valence-corrected chi connectivity index (χ0v) is 13.7. The smallest absolute Gasteiger partial charge is 0.0291 e. The van der Waals surface area contributed by atoms with Crippen LogP contribution in [0.25, 0.3) is 0 Å². The summed E-state index contributed by atoms with van der Waals surface area (Å²) in [6, 6.07) is 19.7. The normalized spacial score (nSPS) is 13.9. The first-order valence-electron chi connectivity index (χ1n) is 7.20. The molecule has 0 bridgehead atoms. The van der Waals surface area contributed by atoms with Gasteiger partial charge >= 0.3 is 0 Å². The summed E-state index contributed by atoms with van der Waals surface area (Å²) >= 11 is 3.47. The highest BCUT2D eigenvalue weighted by atomic mass is 79.9. The molecule has 2 rings (SSSR count). The highest BCUT2D eigenvalue weighted by Crippen LogP contribution is 2.19. The van der Waals surface area contributed by atoms with Crippen LogP contribution in [0.5, 0.6) is 0 Å². The Kier molecular flexibility index (Phi) is 5.81. The second-order valence-electron chi connectivity index (χ2n) is 5.33. The largest absolute Gasteiger partial charge is 0.310 e. The third kappa shape index (κ3) is 4.46. The molecule has 0 heterocycles. The lowest BCUT2D eigenvalue weighted by molar-refractivity contribution is 0.531. The van der Waals surface area contributed by atoms with E-state index in [1.54, 1.807) is 0 Å². The van der Waals surface area contributed by atoms with Crippen LogP contribution < -0.4 is 5.32 Å². The maximum absolute atomic E-state index is 3.60. The van der Waals surface area contributed by atoms with Gasteiger partial charge in [0.1, 0.15) is 0 Å². The first kappa shape index (κ1) is 15.3. The van der Waals surface area contributed by atoms with Crippen LogP contribution in [0.15, 0.2) is 59.1 Å². The van der Waals surface area contributed by atoms with E-state index in [2.05, 4.69) is 89.7 Å². The molecule has 0 amide bonds. The fourth-order valence-corrected chi connectivity index (χ4v) is 2.60. The number of benzene rings is 2. The molecule has 0 fully saturated rings. The zero-order valence-electron chi connectivity index (χ0n) is 12.1. The minimum absolute atomic E-state index is 0.395. The van der Waals surface area contributed by atoms with Gasteiger partial charge in [-0.1, -0.05) is 65.3 Å². The van der Waals surface area contributed by atoms with Gasteiger partial charge in [0.05, 0.1) is 0 Å². The Labute approximate surface area is 130 Å². The van der Waals surface area contributed by atoms with Crippen LogP contribution in [-0.2, 0) is 0 Å². The molecule has 1 nitrogen and oxygen atoms in total. The van der Waals surface area contributed by atoms with Crippen molar-refractivity contribution in [2.75, 3.05) is 6.54 Å². The molecule has 0 radical (unpaired) electrons. The van der Waals surface area contributed by atoms with Crippen molar-refractivity contribution in [1.82, 2.24) is 5.32 Å². The van der Waals surface area contributed by atoms with Crippen LogP contribution in [0.2, 0.25) is 0 Å². The molecule has 1 N–H and O–H groups in total. The van der Waals surface area contributed by atoms with Crippen LogP contribution in [-0.4, -0.2) is 6.54 Å². The van der Waals surface area contributed by atoms with Gasteiger partial charge in [0.25, 0.3) is 0 Å². The van der Waals surface area contributed by atoms with Gasteiger partial charge in [-0.2, -0.15) is 0 Å². The molecule has 0 saturated carbocycles. The molecule has 2 unspecified atom stereocenters. The predicted molar refractivity (Wildman–Crippen MR) is 90.0 cm³/mol. The van der Waals surface area contributed by atoms with Gasteiger partial charge in [-0.3, -0.25) is 0 Å². The Morgan fingerprint density at radius 3 is 2.20 bits per heavy atom. The molecule has 0 aromatic heterocycles. The van der Waals surface area contributed by atoms with E-state index in [9.17, 15) is 0 Å². The molecule has 0 aliphatic carbocycles. The Morgan fingerprint density at radius 1 is 0.900 bits per heavy atom. The number of rotatable bonds is 6. The topological polar surface area (TPSA) is 12.0 Å². The first-order chi connectivity index (χ1) is 9.66. The van der Waals surface area contributed by atoms with Crippen molar-refractivity contribution in [3.63, 3.8) is 0 Å². The molecular weight excluding hydrogens is 310 g/mol. The molecule has 0 aliphatic rings. The fraction of sp³-hybridized carbons (Fsp3) is 0.333. The number of nitrogens with one attached hydrogen (secondary N) is 1. The van der Waals surface area contributed by atoms with Gasteiger partial charge in [0.15, 0.2) is 0 Å². The van der Waals surface area contributed by atoms with Gasteiger partial charge in [-0.15, -0.1) is 0 Å². The van der Waals surface area contributed by atoms with Crippen molar-refractivity contribution < 1.29 is 0 Å². The third-order valence-corrected chi connectivity index (χ3v) is 4.30. The summed E-state index contributed by atoms with van der Waals surface area (Å²) in [5.74, 6) is 0.598. The highest BCUT2D eigenvalue weighted by Gasteiger charge is 2.07. The molecule has 0 aliphatic heterocycles. The fourth-order valence-electron chi connectivity index (χ4n) is 2.33. The van der Waals surface area contributed by atoms with E-state index >= 15 is 0 Å². The Morgan fingerprint density at radius 2 is 1.55 bits per heavy atom. The van der Waals surface area contributed by atoms with Gasteiger partial charge in [-0.25, -0.2) is 0 Å². The second kappa shape index (κ2) is 7.61. The lowest BCUT2D eigenvalue weighted by Crippen LogP contribution is -2.21. The molecular formula is C18H22BrN. The lowest BCUT2D eigenvalue weighted by Gasteiger charge is -2.17. The third-order valence-electron chi connectivity index (χ3n) is 3.77. The molecule has 2 heteroatoms. The van der Waals surface area contributed by atoms with Crippen molar-refractivity contribution in [3.05, 3.63) is 70.2 Å². The van der Waals surface area contributed by atoms with E-state index in [0.29, 0.717) is 12.0 Å². The first-order valence-corrected chi connectivity index (χ1v) is 8.00. The van der Waals surface area contributed by atoms with Crippen LogP contribution >= 0.6 is 15.9 Å². The van der Waals surface area contributed by atoms with E-state index in [1.807, 2.05) is 0 Å². The van der Waals surface area contributed by atoms with Crippen LogP contribution in [0.4, 0.5) is 0 Å². The van der Waals surface area contributed by atoms with Gasteiger partial charge in [0.2, 0.25) is 0 Å². The predicted octanol–water partition coefficient (Wildman–Crippen LogP) is 5.29. The summed E-state index contributed by atoms with van der Waals surface area (Å²) in [5.41, 5.74) is 2.76. The van der Waals surface area contributed by atoms with E-state index in [0.717, 1.165) is 17.4 Å². The quantitative estimate of drug-likeness (QED) is 0.757. The van der Waals surface area contributed by atoms with Crippen molar-refractivity contribution in [2.45, 2.75) is 32.2 Å². The van der Waals surface area contributed by atoms with Crippen LogP contribution in [0.1, 0.15) is 43.4 Å². The van der Waals surface area contributed by atoms with Crippen LogP contribution in [0, 0.1) is 0 Å². The van der Waals surface area contributed by atoms with E-state index in [1.165, 1.54) is 11.1 Å². The SMILES string of the molecule is CC(CCNC(C)c1ccc(Br)cc1)c1ccccc1. The number of hydrogen-bond donors (Lipinski definition) is 1. The van der Waals surface area contributed by atoms with Crippen LogP contribution in [0.3, 0.4) is 0 Å². The summed E-state index contributed by atoms with van der Waals surface area (Å²) in [6.45, 7) is 5.55. The summed E-state index contributed by atoms with van der Waals surface area (Å²) in [7, 11) is 0. The minimum Gasteiger partial charge on any atom is -0.310 e. The van der Waals surface area contributed by atoms with Gasteiger partial charge < -0.3 is 5.32 Å². The molecule has 20 heavy (non-hydrogen) atoms. The average molecular weight is 332 g/mol. The van der Waals surface area contributed by atoms with Crippen molar-refractivity contribution in [1.29, 1.82) is 0 Å². The maximum Gasteiger partial charge on any atom is 0.0291 e. The maximum atomic E-state index is 3.60. The minimum atomic E-state index is 0.395. The number of halogens is 1. The monoisotopic (exact) mass is 331 g/mol. The highest BCUT2D eigenvalue weighted by molar-refractivity contribution is 9.10. The second-order valence-corrected chi connectivity index (χ2v) is 6.24. The standard InChI is InChI=1S/C18H22BrN/c1-14(16-6-4-3-5-7-16)12-13-20-15(2)17-8-10-18(19)11-9-17/h3-11,14-15,20H,12-13H2,1-2H3. The average Bonchev–Trinajstić information content (AvgIpc) is 2.48. The molecule has 0 saturated heterocycles. The Bertz CT molecular complexity index is 507. The summed E-state index contributed by atoms with van der Waals surface area (Å²) in [4.78, 5) is 0. The molecule has 0 spiro atoms. The summed E-state index contributed by atoms with van der Waals surface area (Å²) < 4.78 is 1.13. The van der Waals surface area contributed by atoms with Crippen molar-refractivity contribution in [3.8, 4) is 0 Å². The molecule has 2 aromatic rings. The van der Waals surface area contributed by atoms with Crippen molar-refractivity contribution in [2.24, 2.45) is 0 Å². The molecule has 2 atom stereocenters. The zero-order chi connectivity index (χ0) is 14.4. The summed E-state index contributed by atoms with van der Waals surface area (Å²) in [5, 5.41) is 3.60. The molecule has 106 valence electrons. The van der Waals surface area contributed by atoms with E-state index in [-0.39, 0.29) is 0 Å². The molecule has 2 aromatic carbocycles. The Balaban J connectivity index is 1.79.